The van der Waals surface area contributed by atoms with Crippen LogP contribution >= 0.6 is 23.2 Å². The summed E-state index contributed by atoms with van der Waals surface area (Å²) >= 11 is 13.0. The molecule has 0 radical (unpaired) electrons. The number of rotatable bonds is 3. The van der Waals surface area contributed by atoms with Crippen LogP contribution in [-0.4, -0.2) is 52.2 Å². The predicted octanol–water partition coefficient (Wildman–Crippen LogP) is 6.09. The van der Waals surface area contributed by atoms with Crippen LogP contribution in [0, 0.1) is 11.3 Å². The summed E-state index contributed by atoms with van der Waals surface area (Å²) in [6.07, 6.45) is 0.0475. The van der Waals surface area contributed by atoms with Gasteiger partial charge in [0.05, 0.1) is 36.9 Å². The van der Waals surface area contributed by atoms with E-state index in [9.17, 15) is 10.1 Å². The normalized spacial score (nSPS) is 19.7. The number of nitriles is 1. The smallest absolute Gasteiger partial charge is 0.410 e. The Kier molecular flexibility index (Phi) is 7.36. The van der Waals surface area contributed by atoms with Gasteiger partial charge in [0.15, 0.2) is 0 Å². The van der Waals surface area contributed by atoms with Gasteiger partial charge in [0.25, 0.3) is 0 Å². The van der Waals surface area contributed by atoms with Gasteiger partial charge in [0.1, 0.15) is 11.4 Å². The van der Waals surface area contributed by atoms with Gasteiger partial charge in [-0.2, -0.15) is 5.26 Å². The van der Waals surface area contributed by atoms with Crippen LogP contribution in [0.2, 0.25) is 10.3 Å². The second-order valence-corrected chi connectivity index (χ2v) is 11.3. The quantitative estimate of drug-likeness (QED) is 0.362. The average Bonchev–Trinajstić information content (AvgIpc) is 2.87. The number of ether oxygens (including phenoxy) is 2. The van der Waals surface area contributed by atoms with Crippen molar-refractivity contribution in [3.8, 4) is 6.07 Å². The predicted molar refractivity (Wildman–Crippen MR) is 146 cm³/mol. The lowest BCUT2D eigenvalue weighted by atomic mass is 9.94. The van der Waals surface area contributed by atoms with Gasteiger partial charge in [-0.05, 0) is 49.4 Å². The summed E-state index contributed by atoms with van der Waals surface area (Å²) in [5, 5.41) is 12.3. The molecule has 2 aliphatic heterocycles. The first-order valence-corrected chi connectivity index (χ1v) is 13.4. The number of piperazine rings is 1. The van der Waals surface area contributed by atoms with Crippen LogP contribution in [0.3, 0.4) is 0 Å². The van der Waals surface area contributed by atoms with Crippen molar-refractivity contribution in [2.45, 2.75) is 58.0 Å². The van der Waals surface area contributed by atoms with Crippen LogP contribution in [0.1, 0.15) is 50.1 Å². The molecular formula is C28H29Cl2N5O3. The van der Waals surface area contributed by atoms with Crippen LogP contribution in [0.25, 0.3) is 10.8 Å². The van der Waals surface area contributed by atoms with E-state index in [-0.39, 0.29) is 23.9 Å². The number of carbonyl (C=O) groups excluding carboxylic acids is 1. The van der Waals surface area contributed by atoms with Crippen LogP contribution in [0.5, 0.6) is 0 Å². The van der Waals surface area contributed by atoms with Crippen molar-refractivity contribution < 1.29 is 14.3 Å². The second-order valence-electron chi connectivity index (χ2n) is 10.6. The molecule has 0 N–H and O–H groups in total. The van der Waals surface area contributed by atoms with E-state index in [0.29, 0.717) is 43.5 Å². The van der Waals surface area contributed by atoms with E-state index in [1.807, 2.05) is 57.2 Å². The van der Waals surface area contributed by atoms with E-state index in [1.54, 1.807) is 4.90 Å². The van der Waals surface area contributed by atoms with E-state index in [2.05, 4.69) is 20.9 Å². The van der Waals surface area contributed by atoms with Crippen molar-refractivity contribution in [1.82, 2.24) is 14.9 Å². The largest absolute Gasteiger partial charge is 0.444 e. The molecule has 1 unspecified atom stereocenters. The number of aromatic nitrogens is 2. The molecule has 3 aromatic rings. The fourth-order valence-electron chi connectivity index (χ4n) is 5.16. The Balaban J connectivity index is 1.42. The number of nitrogens with zero attached hydrogens (tertiary/aromatic N) is 5. The number of anilines is 1. The molecule has 1 saturated heterocycles. The third-order valence-corrected chi connectivity index (χ3v) is 7.31. The van der Waals surface area contributed by atoms with Crippen molar-refractivity contribution in [2.75, 3.05) is 24.5 Å². The first kappa shape index (κ1) is 26.5. The third kappa shape index (κ3) is 5.37. The number of amides is 1. The van der Waals surface area contributed by atoms with Gasteiger partial charge in [-0.15, -0.1) is 0 Å². The van der Waals surface area contributed by atoms with Gasteiger partial charge in [0, 0.05) is 42.0 Å². The zero-order chi connectivity index (χ0) is 27.0. The van der Waals surface area contributed by atoms with Crippen LogP contribution < -0.4 is 4.90 Å². The molecule has 10 heteroatoms. The van der Waals surface area contributed by atoms with Crippen molar-refractivity contribution in [3.63, 3.8) is 0 Å². The van der Waals surface area contributed by atoms with Crippen LogP contribution in [0.4, 0.5) is 10.6 Å². The second kappa shape index (κ2) is 10.6. The average molecular weight is 554 g/mol. The molecule has 1 aromatic heterocycles. The molecule has 0 bridgehead atoms. The van der Waals surface area contributed by atoms with Crippen molar-refractivity contribution in [2.24, 2.45) is 0 Å². The first-order valence-electron chi connectivity index (χ1n) is 12.6. The Morgan fingerprint density at radius 1 is 1.18 bits per heavy atom. The first-order chi connectivity index (χ1) is 18.1. The summed E-state index contributed by atoms with van der Waals surface area (Å²) in [6, 6.07) is 13.8. The lowest BCUT2D eigenvalue weighted by Crippen LogP contribution is -2.56. The monoisotopic (exact) mass is 553 g/mol. The molecule has 0 spiro atoms. The fraction of sp³-hybridized carbons (Fsp3) is 0.429. The molecule has 2 aliphatic rings. The van der Waals surface area contributed by atoms with Gasteiger partial charge in [-0.1, -0.05) is 41.9 Å². The van der Waals surface area contributed by atoms with E-state index in [0.717, 1.165) is 27.6 Å². The van der Waals surface area contributed by atoms with E-state index >= 15 is 0 Å². The summed E-state index contributed by atoms with van der Waals surface area (Å²) < 4.78 is 11.9. The van der Waals surface area contributed by atoms with Gasteiger partial charge in [0.2, 0.25) is 5.28 Å². The van der Waals surface area contributed by atoms with Gasteiger partial charge >= 0.3 is 6.09 Å². The molecule has 2 atom stereocenters. The molecule has 0 saturated carbocycles. The lowest BCUT2D eigenvalue weighted by molar-refractivity contribution is 0.0141. The topological polar surface area (TPSA) is 91.6 Å². The summed E-state index contributed by atoms with van der Waals surface area (Å²) in [5.41, 5.74) is 2.09. The highest BCUT2D eigenvalue weighted by Crippen LogP contribution is 2.39. The summed E-state index contributed by atoms with van der Waals surface area (Å²) in [7, 11) is 0. The number of benzene rings is 2. The Labute approximate surface area is 232 Å². The van der Waals surface area contributed by atoms with E-state index in [1.165, 1.54) is 0 Å². The third-order valence-electron chi connectivity index (χ3n) is 6.82. The molecule has 198 valence electrons. The molecule has 0 aliphatic carbocycles. The standard InChI is InChI=1S/C28H29Cl2N5O3/c1-28(2,3)38-27(36)35-13-12-34(15-18(35)10-11-31)25-20-16-37-23(14-22(20)32-26(30)33-25)19-8-4-6-17-7-5-9-21(29)24(17)19/h4-9,18,23H,10,12-16H2,1-3H3/t18-,23?/m0/s1. The highest BCUT2D eigenvalue weighted by atomic mass is 35.5. The van der Waals surface area contributed by atoms with Crippen molar-refractivity contribution in [3.05, 3.63) is 63.5 Å². The maximum absolute atomic E-state index is 12.8. The van der Waals surface area contributed by atoms with Gasteiger partial charge < -0.3 is 19.3 Å². The molecule has 1 amide bonds. The number of carbonyl (C=O) groups is 1. The summed E-state index contributed by atoms with van der Waals surface area (Å²) in [5.74, 6) is 0.682. The Morgan fingerprint density at radius 2 is 1.95 bits per heavy atom. The summed E-state index contributed by atoms with van der Waals surface area (Å²) in [6.45, 7) is 7.13. The zero-order valence-corrected chi connectivity index (χ0v) is 23.1. The maximum Gasteiger partial charge on any atom is 0.410 e. The Hall–Kier alpha value is -3.12. The van der Waals surface area contributed by atoms with Gasteiger partial charge in [-0.25, -0.2) is 14.8 Å². The van der Waals surface area contributed by atoms with Gasteiger partial charge in [-0.3, -0.25) is 0 Å². The van der Waals surface area contributed by atoms with Crippen LogP contribution in [0.15, 0.2) is 36.4 Å². The number of fused-ring (bicyclic) bond motifs is 2. The minimum atomic E-state index is -0.618. The maximum atomic E-state index is 12.8. The molecule has 8 nitrogen and oxygen atoms in total. The number of hydrogen-bond donors (Lipinski definition) is 0. The molecular weight excluding hydrogens is 525 g/mol. The molecule has 1 fully saturated rings. The van der Waals surface area contributed by atoms with Crippen molar-refractivity contribution >= 4 is 45.9 Å². The molecule has 2 aromatic carbocycles. The highest BCUT2D eigenvalue weighted by molar-refractivity contribution is 6.35. The minimum absolute atomic E-state index is 0.154. The van der Waals surface area contributed by atoms with Crippen LogP contribution in [-0.2, 0) is 22.5 Å². The highest BCUT2D eigenvalue weighted by Gasteiger charge is 2.36. The Bertz CT molecular complexity index is 1410. The minimum Gasteiger partial charge on any atom is -0.444 e. The number of halogens is 2. The van der Waals surface area contributed by atoms with Crippen molar-refractivity contribution in [1.29, 1.82) is 5.26 Å². The lowest BCUT2D eigenvalue weighted by Gasteiger charge is -2.42. The molecule has 3 heterocycles. The summed E-state index contributed by atoms with van der Waals surface area (Å²) in [4.78, 5) is 25.6. The Morgan fingerprint density at radius 3 is 2.68 bits per heavy atom. The molecule has 38 heavy (non-hydrogen) atoms. The van der Waals surface area contributed by atoms with E-state index in [4.69, 9.17) is 32.7 Å². The van der Waals surface area contributed by atoms with E-state index < -0.39 is 11.7 Å². The molecule has 5 rings (SSSR count). The fourth-order valence-corrected chi connectivity index (χ4v) is 5.64. The zero-order valence-electron chi connectivity index (χ0n) is 21.6. The SMILES string of the molecule is CC(C)(C)OC(=O)N1CCN(c2nc(Cl)nc3c2COC(c2cccc4cccc(Cl)c24)C3)C[C@@H]1CC#N. The number of hydrogen-bond acceptors (Lipinski definition) is 7.